The Kier molecular flexibility index (Phi) is 2.49. The summed E-state index contributed by atoms with van der Waals surface area (Å²) in [5, 5.41) is 3.09. The number of aromatic amines is 1. The second-order valence-electron chi connectivity index (χ2n) is 3.10. The summed E-state index contributed by atoms with van der Waals surface area (Å²) in [5.41, 5.74) is -2.08. The summed E-state index contributed by atoms with van der Waals surface area (Å²) in [6, 6.07) is 2.73. The van der Waals surface area contributed by atoms with Gasteiger partial charge in [0.15, 0.2) is 5.82 Å². The van der Waals surface area contributed by atoms with Crippen molar-refractivity contribution < 1.29 is 22.1 Å². The average molecular weight is 248 g/mol. The molecule has 0 atom stereocenters. The third kappa shape index (κ3) is 2.05. The SMILES string of the molecule is O=c1[nH]c(-c2cccc(F)c2C(F)(F)F)no1. The third-order valence-corrected chi connectivity index (χ3v) is 1.99. The predicted molar refractivity (Wildman–Crippen MR) is 47.5 cm³/mol. The molecule has 1 aromatic carbocycles. The normalized spacial score (nSPS) is 11.8. The summed E-state index contributed by atoms with van der Waals surface area (Å²) >= 11 is 0. The van der Waals surface area contributed by atoms with Gasteiger partial charge in [-0.25, -0.2) is 9.18 Å². The van der Waals surface area contributed by atoms with Crippen molar-refractivity contribution in [2.24, 2.45) is 0 Å². The van der Waals surface area contributed by atoms with E-state index in [0.29, 0.717) is 6.07 Å². The van der Waals surface area contributed by atoms with Gasteiger partial charge in [0, 0.05) is 5.56 Å². The highest BCUT2D eigenvalue weighted by Gasteiger charge is 2.37. The Balaban J connectivity index is 2.70. The van der Waals surface area contributed by atoms with E-state index in [0.717, 1.165) is 12.1 Å². The molecular weight excluding hydrogens is 244 g/mol. The van der Waals surface area contributed by atoms with Crippen molar-refractivity contribution >= 4 is 0 Å². The van der Waals surface area contributed by atoms with Crippen molar-refractivity contribution in [3.05, 3.63) is 40.1 Å². The maximum absolute atomic E-state index is 13.2. The maximum Gasteiger partial charge on any atom is 0.439 e. The highest BCUT2D eigenvalue weighted by atomic mass is 19.4. The minimum absolute atomic E-state index is 0.471. The van der Waals surface area contributed by atoms with Gasteiger partial charge in [0.2, 0.25) is 0 Å². The number of H-pyrrole nitrogens is 1. The fourth-order valence-electron chi connectivity index (χ4n) is 1.36. The van der Waals surface area contributed by atoms with Crippen molar-refractivity contribution in [1.82, 2.24) is 10.1 Å². The molecule has 0 spiro atoms. The van der Waals surface area contributed by atoms with Crippen molar-refractivity contribution in [2.75, 3.05) is 0 Å². The number of hydrogen-bond acceptors (Lipinski definition) is 3. The van der Waals surface area contributed by atoms with Crippen LogP contribution in [0.5, 0.6) is 0 Å². The molecular formula is C9H4F4N2O2. The fourth-order valence-corrected chi connectivity index (χ4v) is 1.36. The molecule has 90 valence electrons. The predicted octanol–water partition coefficient (Wildman–Crippen LogP) is 2.19. The van der Waals surface area contributed by atoms with Crippen molar-refractivity contribution in [3.63, 3.8) is 0 Å². The van der Waals surface area contributed by atoms with Gasteiger partial charge in [-0.3, -0.25) is 9.51 Å². The molecule has 0 aliphatic heterocycles. The summed E-state index contributed by atoms with van der Waals surface area (Å²) < 4.78 is 55.1. The fraction of sp³-hybridized carbons (Fsp3) is 0.111. The molecule has 2 aromatic rings. The van der Waals surface area contributed by atoms with Crippen LogP contribution < -0.4 is 5.76 Å². The molecule has 0 radical (unpaired) electrons. The molecule has 0 amide bonds. The second-order valence-corrected chi connectivity index (χ2v) is 3.10. The molecule has 1 aromatic heterocycles. The van der Waals surface area contributed by atoms with E-state index in [1.807, 2.05) is 4.98 Å². The molecule has 0 aliphatic carbocycles. The summed E-state index contributed by atoms with van der Waals surface area (Å²) in [4.78, 5) is 12.6. The summed E-state index contributed by atoms with van der Waals surface area (Å²) in [6.45, 7) is 0. The Morgan fingerprint density at radius 2 is 2.00 bits per heavy atom. The molecule has 0 unspecified atom stereocenters. The molecule has 8 heteroatoms. The Bertz CT molecular complexity index is 600. The summed E-state index contributed by atoms with van der Waals surface area (Å²) in [5.74, 6) is -2.93. The van der Waals surface area contributed by atoms with E-state index < -0.39 is 34.7 Å². The van der Waals surface area contributed by atoms with Gasteiger partial charge in [0.1, 0.15) is 11.4 Å². The lowest BCUT2D eigenvalue weighted by Gasteiger charge is -2.11. The Labute approximate surface area is 90.9 Å². The topological polar surface area (TPSA) is 58.9 Å². The van der Waals surface area contributed by atoms with Crippen LogP contribution >= 0.6 is 0 Å². The number of halogens is 4. The number of nitrogens with zero attached hydrogens (tertiary/aromatic N) is 1. The van der Waals surface area contributed by atoms with Gasteiger partial charge in [-0.05, 0) is 6.07 Å². The van der Waals surface area contributed by atoms with Crippen LogP contribution in [-0.2, 0) is 6.18 Å². The highest BCUT2D eigenvalue weighted by molar-refractivity contribution is 5.60. The molecule has 2 rings (SSSR count). The minimum Gasteiger partial charge on any atom is -0.296 e. The van der Waals surface area contributed by atoms with Crippen LogP contribution in [0.15, 0.2) is 27.5 Å². The largest absolute Gasteiger partial charge is 0.439 e. The molecule has 4 nitrogen and oxygen atoms in total. The first kappa shape index (κ1) is 11.4. The van der Waals surface area contributed by atoms with Gasteiger partial charge in [0.25, 0.3) is 0 Å². The maximum atomic E-state index is 13.2. The van der Waals surface area contributed by atoms with Crippen LogP contribution in [0.1, 0.15) is 5.56 Å². The van der Waals surface area contributed by atoms with Crippen molar-refractivity contribution in [2.45, 2.75) is 6.18 Å². The smallest absolute Gasteiger partial charge is 0.296 e. The molecule has 0 aliphatic rings. The lowest BCUT2D eigenvalue weighted by molar-refractivity contribution is -0.139. The van der Waals surface area contributed by atoms with E-state index in [4.69, 9.17) is 0 Å². The van der Waals surface area contributed by atoms with Crippen LogP contribution in [0.25, 0.3) is 11.4 Å². The average Bonchev–Trinajstić information content (AvgIpc) is 2.62. The number of benzene rings is 1. The van der Waals surface area contributed by atoms with Crippen LogP contribution in [0.4, 0.5) is 17.6 Å². The number of nitrogens with one attached hydrogen (secondary N) is 1. The zero-order valence-electron chi connectivity index (χ0n) is 8.01. The van der Waals surface area contributed by atoms with E-state index in [9.17, 15) is 22.4 Å². The first-order valence-electron chi connectivity index (χ1n) is 4.31. The van der Waals surface area contributed by atoms with E-state index in [-0.39, 0.29) is 0 Å². The van der Waals surface area contributed by atoms with Gasteiger partial charge in [-0.1, -0.05) is 17.3 Å². The standard InChI is InChI=1S/C9H4F4N2O2/c10-5-3-1-2-4(6(5)9(11,12)13)7-14-8(16)17-15-7/h1-3H,(H,14,15,16). The quantitative estimate of drug-likeness (QED) is 0.787. The van der Waals surface area contributed by atoms with E-state index in [1.54, 1.807) is 0 Å². The number of hydrogen-bond donors (Lipinski definition) is 1. The lowest BCUT2D eigenvalue weighted by Crippen LogP contribution is -2.11. The second kappa shape index (κ2) is 3.72. The third-order valence-electron chi connectivity index (χ3n) is 1.99. The zero-order valence-corrected chi connectivity index (χ0v) is 8.01. The van der Waals surface area contributed by atoms with Gasteiger partial charge >= 0.3 is 11.9 Å². The van der Waals surface area contributed by atoms with Gasteiger partial charge in [0.05, 0.1) is 0 Å². The minimum atomic E-state index is -4.89. The monoisotopic (exact) mass is 248 g/mol. The highest BCUT2D eigenvalue weighted by Crippen LogP contribution is 2.37. The van der Waals surface area contributed by atoms with E-state index in [1.165, 1.54) is 0 Å². The van der Waals surface area contributed by atoms with Crippen LogP contribution in [0, 0.1) is 5.82 Å². The summed E-state index contributed by atoms with van der Waals surface area (Å²) in [6.07, 6.45) is -4.89. The lowest BCUT2D eigenvalue weighted by atomic mass is 10.1. The van der Waals surface area contributed by atoms with Gasteiger partial charge < -0.3 is 0 Å². The Morgan fingerprint density at radius 3 is 2.53 bits per heavy atom. The molecule has 0 bridgehead atoms. The van der Waals surface area contributed by atoms with E-state index >= 15 is 0 Å². The molecule has 0 saturated carbocycles. The number of alkyl halides is 3. The first-order valence-corrected chi connectivity index (χ1v) is 4.31. The van der Waals surface area contributed by atoms with E-state index in [2.05, 4.69) is 9.68 Å². The zero-order chi connectivity index (χ0) is 12.6. The van der Waals surface area contributed by atoms with Gasteiger partial charge in [-0.2, -0.15) is 13.2 Å². The molecule has 0 saturated heterocycles. The Hall–Kier alpha value is -2.12. The van der Waals surface area contributed by atoms with Crippen LogP contribution in [-0.4, -0.2) is 10.1 Å². The molecule has 1 N–H and O–H groups in total. The first-order chi connectivity index (χ1) is 7.89. The number of rotatable bonds is 1. The van der Waals surface area contributed by atoms with Crippen LogP contribution in [0.3, 0.4) is 0 Å². The molecule has 1 heterocycles. The Morgan fingerprint density at radius 1 is 1.29 bits per heavy atom. The number of aromatic nitrogens is 2. The molecule has 17 heavy (non-hydrogen) atoms. The van der Waals surface area contributed by atoms with Crippen molar-refractivity contribution in [1.29, 1.82) is 0 Å². The van der Waals surface area contributed by atoms with Crippen LogP contribution in [0.2, 0.25) is 0 Å². The van der Waals surface area contributed by atoms with Gasteiger partial charge in [-0.15, -0.1) is 0 Å². The van der Waals surface area contributed by atoms with Crippen molar-refractivity contribution in [3.8, 4) is 11.4 Å². The summed E-state index contributed by atoms with van der Waals surface area (Å²) in [7, 11) is 0. The molecule has 0 fully saturated rings.